The van der Waals surface area contributed by atoms with E-state index in [9.17, 15) is 23.1 Å². The molecular formula is C12H13F3O2. The second-order valence-corrected chi connectivity index (χ2v) is 3.79. The van der Waals surface area contributed by atoms with Crippen LogP contribution < -0.4 is 0 Å². The average molecular weight is 246 g/mol. The van der Waals surface area contributed by atoms with Crippen molar-refractivity contribution in [2.24, 2.45) is 0 Å². The van der Waals surface area contributed by atoms with Crippen molar-refractivity contribution in [3.8, 4) is 0 Å². The Kier molecular flexibility index (Phi) is 4.69. The summed E-state index contributed by atoms with van der Waals surface area (Å²) < 4.78 is 37.2. The highest BCUT2D eigenvalue weighted by Gasteiger charge is 2.30. The maximum Gasteiger partial charge on any atom is 0.416 e. The van der Waals surface area contributed by atoms with Gasteiger partial charge in [-0.15, -0.1) is 0 Å². The van der Waals surface area contributed by atoms with E-state index >= 15 is 0 Å². The van der Waals surface area contributed by atoms with E-state index in [2.05, 4.69) is 0 Å². The van der Waals surface area contributed by atoms with Gasteiger partial charge < -0.3 is 9.90 Å². The van der Waals surface area contributed by atoms with E-state index in [4.69, 9.17) is 0 Å². The fourth-order valence-corrected chi connectivity index (χ4v) is 1.47. The Morgan fingerprint density at radius 2 is 2.06 bits per heavy atom. The van der Waals surface area contributed by atoms with Gasteiger partial charge in [0.25, 0.3) is 0 Å². The predicted molar refractivity (Wildman–Crippen MR) is 56.5 cm³/mol. The normalized spacial score (nSPS) is 13.4. The number of aliphatic hydroxyl groups excluding tert-OH is 1. The first-order valence-corrected chi connectivity index (χ1v) is 5.21. The monoisotopic (exact) mass is 246 g/mol. The Morgan fingerprint density at radius 1 is 1.35 bits per heavy atom. The molecule has 0 aliphatic rings. The Hall–Kier alpha value is -1.36. The minimum atomic E-state index is -4.35. The molecule has 0 heterocycles. The number of aryl methyl sites for hydroxylation is 1. The molecule has 0 aliphatic carbocycles. The van der Waals surface area contributed by atoms with Crippen molar-refractivity contribution in [3.63, 3.8) is 0 Å². The molecule has 1 aromatic carbocycles. The highest BCUT2D eigenvalue weighted by molar-refractivity contribution is 5.50. The third kappa shape index (κ3) is 4.56. The minimum absolute atomic E-state index is 0.0129. The number of aliphatic hydroxyl groups is 1. The van der Waals surface area contributed by atoms with Crippen LogP contribution in [0.25, 0.3) is 0 Å². The molecule has 5 heteroatoms. The first-order valence-electron chi connectivity index (χ1n) is 5.21. The first-order chi connectivity index (χ1) is 7.93. The van der Waals surface area contributed by atoms with Gasteiger partial charge in [0.2, 0.25) is 0 Å². The summed E-state index contributed by atoms with van der Waals surface area (Å²) in [4.78, 5) is 10.1. The third-order valence-electron chi connectivity index (χ3n) is 2.39. The molecule has 0 fully saturated rings. The first kappa shape index (κ1) is 13.7. The van der Waals surface area contributed by atoms with Gasteiger partial charge >= 0.3 is 6.18 Å². The van der Waals surface area contributed by atoms with Crippen molar-refractivity contribution in [3.05, 3.63) is 35.4 Å². The van der Waals surface area contributed by atoms with Gasteiger partial charge in [0.15, 0.2) is 0 Å². The fourth-order valence-electron chi connectivity index (χ4n) is 1.47. The van der Waals surface area contributed by atoms with Gasteiger partial charge in [-0.3, -0.25) is 0 Å². The standard InChI is InChI=1S/C12H13F3O2/c13-12(14,15)10-3-1-2-9(8-10)4-5-11(17)6-7-16/h1-3,7-8,11,17H,4-6H2/t11-/m0/s1. The van der Waals surface area contributed by atoms with Crippen LogP contribution in [0.3, 0.4) is 0 Å². The number of carbonyl (C=O) groups excluding carboxylic acids is 1. The van der Waals surface area contributed by atoms with Gasteiger partial charge in [0.05, 0.1) is 11.7 Å². The smallest absolute Gasteiger partial charge is 0.393 e. The lowest BCUT2D eigenvalue weighted by atomic mass is 10.0. The molecule has 1 atom stereocenters. The van der Waals surface area contributed by atoms with E-state index in [0.717, 1.165) is 12.1 Å². The van der Waals surface area contributed by atoms with E-state index in [1.807, 2.05) is 0 Å². The van der Waals surface area contributed by atoms with E-state index < -0.39 is 17.8 Å². The van der Waals surface area contributed by atoms with Gasteiger partial charge in [0.1, 0.15) is 6.29 Å². The molecule has 17 heavy (non-hydrogen) atoms. The molecule has 0 amide bonds. The molecule has 1 rings (SSSR count). The Bertz CT molecular complexity index is 374. The Labute approximate surface area is 97.1 Å². The molecule has 2 nitrogen and oxygen atoms in total. The number of benzene rings is 1. The van der Waals surface area contributed by atoms with Crippen LogP contribution in [-0.2, 0) is 17.4 Å². The molecule has 0 spiro atoms. The van der Waals surface area contributed by atoms with E-state index in [1.165, 1.54) is 6.07 Å². The van der Waals surface area contributed by atoms with Crippen molar-refractivity contribution >= 4 is 6.29 Å². The van der Waals surface area contributed by atoms with Gasteiger partial charge in [-0.1, -0.05) is 18.2 Å². The summed E-state index contributed by atoms with van der Waals surface area (Å²) in [5, 5.41) is 9.29. The molecule has 0 unspecified atom stereocenters. The second kappa shape index (κ2) is 5.82. The number of carbonyl (C=O) groups is 1. The molecular weight excluding hydrogens is 233 g/mol. The summed E-state index contributed by atoms with van der Waals surface area (Å²) in [6.07, 6.45) is -3.94. The van der Waals surface area contributed by atoms with Crippen LogP contribution in [0.2, 0.25) is 0 Å². The van der Waals surface area contributed by atoms with E-state index in [0.29, 0.717) is 18.3 Å². The number of aldehydes is 1. The number of alkyl halides is 3. The zero-order valence-corrected chi connectivity index (χ0v) is 9.07. The van der Waals surface area contributed by atoms with Gasteiger partial charge in [-0.2, -0.15) is 13.2 Å². The van der Waals surface area contributed by atoms with E-state index in [1.54, 1.807) is 6.07 Å². The van der Waals surface area contributed by atoms with E-state index in [-0.39, 0.29) is 12.8 Å². The van der Waals surface area contributed by atoms with Crippen molar-refractivity contribution in [2.75, 3.05) is 0 Å². The Morgan fingerprint density at radius 3 is 2.65 bits per heavy atom. The molecule has 1 N–H and O–H groups in total. The molecule has 0 aromatic heterocycles. The molecule has 94 valence electrons. The quantitative estimate of drug-likeness (QED) is 0.811. The summed E-state index contributed by atoms with van der Waals surface area (Å²) in [7, 11) is 0. The largest absolute Gasteiger partial charge is 0.416 e. The molecule has 0 radical (unpaired) electrons. The molecule has 0 saturated heterocycles. The van der Waals surface area contributed by atoms with Crippen LogP contribution >= 0.6 is 0 Å². The lowest BCUT2D eigenvalue weighted by molar-refractivity contribution is -0.137. The third-order valence-corrected chi connectivity index (χ3v) is 2.39. The molecule has 0 saturated carbocycles. The van der Waals surface area contributed by atoms with Crippen molar-refractivity contribution in [2.45, 2.75) is 31.5 Å². The summed E-state index contributed by atoms with van der Waals surface area (Å²) in [5.74, 6) is 0. The number of hydrogen-bond donors (Lipinski definition) is 1. The fraction of sp³-hybridized carbons (Fsp3) is 0.417. The van der Waals surface area contributed by atoms with Crippen LogP contribution in [0.5, 0.6) is 0 Å². The lowest BCUT2D eigenvalue weighted by Crippen LogP contribution is -2.09. The minimum Gasteiger partial charge on any atom is -0.393 e. The molecule has 1 aromatic rings. The van der Waals surface area contributed by atoms with Crippen LogP contribution in [-0.4, -0.2) is 17.5 Å². The second-order valence-electron chi connectivity index (χ2n) is 3.79. The zero-order valence-electron chi connectivity index (χ0n) is 9.07. The lowest BCUT2D eigenvalue weighted by Gasteiger charge is -2.10. The number of hydrogen-bond acceptors (Lipinski definition) is 2. The summed E-state index contributed by atoms with van der Waals surface area (Å²) in [6, 6.07) is 4.98. The van der Waals surface area contributed by atoms with Gasteiger partial charge in [0, 0.05) is 6.42 Å². The topological polar surface area (TPSA) is 37.3 Å². The van der Waals surface area contributed by atoms with Crippen LogP contribution in [0.15, 0.2) is 24.3 Å². The molecule has 0 aliphatic heterocycles. The summed E-state index contributed by atoms with van der Waals surface area (Å²) in [5.41, 5.74) is -0.190. The van der Waals surface area contributed by atoms with Crippen molar-refractivity contribution in [1.29, 1.82) is 0 Å². The summed E-state index contributed by atoms with van der Waals surface area (Å²) >= 11 is 0. The maximum atomic E-state index is 12.4. The SMILES string of the molecule is O=CC[C@@H](O)CCc1cccc(C(F)(F)F)c1. The summed E-state index contributed by atoms with van der Waals surface area (Å²) in [6.45, 7) is 0. The highest BCUT2D eigenvalue weighted by Crippen LogP contribution is 2.29. The highest BCUT2D eigenvalue weighted by atomic mass is 19.4. The van der Waals surface area contributed by atoms with Crippen LogP contribution in [0.1, 0.15) is 24.0 Å². The van der Waals surface area contributed by atoms with Gasteiger partial charge in [-0.05, 0) is 24.5 Å². The zero-order chi connectivity index (χ0) is 12.9. The Balaban J connectivity index is 2.63. The van der Waals surface area contributed by atoms with Gasteiger partial charge in [-0.25, -0.2) is 0 Å². The average Bonchev–Trinajstić information content (AvgIpc) is 2.26. The van der Waals surface area contributed by atoms with Crippen LogP contribution in [0, 0.1) is 0 Å². The maximum absolute atomic E-state index is 12.4. The van der Waals surface area contributed by atoms with Crippen molar-refractivity contribution in [1.82, 2.24) is 0 Å². The van der Waals surface area contributed by atoms with Crippen molar-refractivity contribution < 1.29 is 23.1 Å². The number of rotatable bonds is 5. The number of halogens is 3. The predicted octanol–water partition coefficient (Wildman–Crippen LogP) is 2.59. The van der Waals surface area contributed by atoms with Crippen LogP contribution in [0.4, 0.5) is 13.2 Å². The molecule has 0 bridgehead atoms.